The van der Waals surface area contributed by atoms with Crippen molar-refractivity contribution in [3.05, 3.63) is 42.0 Å². The third kappa shape index (κ3) is 3.05. The summed E-state index contributed by atoms with van der Waals surface area (Å²) >= 11 is 0. The van der Waals surface area contributed by atoms with Gasteiger partial charge in [0.25, 0.3) is 0 Å². The summed E-state index contributed by atoms with van der Waals surface area (Å²) in [4.78, 5) is 0. The first-order chi connectivity index (χ1) is 9.80. The monoisotopic (exact) mass is 273 g/mol. The highest BCUT2D eigenvalue weighted by Gasteiger charge is 2.34. The highest BCUT2D eigenvalue weighted by molar-refractivity contribution is 5.30. The molecule has 1 saturated carbocycles. The molecule has 3 heteroatoms. The second kappa shape index (κ2) is 5.98. The van der Waals surface area contributed by atoms with Gasteiger partial charge in [-0.25, -0.2) is 0 Å². The van der Waals surface area contributed by atoms with Crippen LogP contribution in [0.5, 0.6) is 5.75 Å². The summed E-state index contributed by atoms with van der Waals surface area (Å²) in [6.45, 7) is 0.255. The molecule has 0 aromatic heterocycles. The predicted octanol–water partition coefficient (Wildman–Crippen LogP) is 2.67. The topological polar surface area (TPSA) is 41.5 Å². The highest BCUT2D eigenvalue weighted by atomic mass is 16.5. The van der Waals surface area contributed by atoms with Gasteiger partial charge in [-0.1, -0.05) is 24.3 Å². The minimum absolute atomic E-state index is 0.255. The van der Waals surface area contributed by atoms with Gasteiger partial charge in [-0.2, -0.15) is 0 Å². The van der Waals surface area contributed by atoms with Crippen LogP contribution in [-0.4, -0.2) is 24.9 Å². The Morgan fingerprint density at radius 2 is 2.00 bits per heavy atom. The maximum Gasteiger partial charge on any atom is 0.118 e. The summed E-state index contributed by atoms with van der Waals surface area (Å²) in [5, 5.41) is 13.0. The Morgan fingerprint density at radius 3 is 2.55 bits per heavy atom. The lowest BCUT2D eigenvalue weighted by Gasteiger charge is -2.23. The normalized spacial score (nSPS) is 26.7. The maximum atomic E-state index is 9.22. The summed E-state index contributed by atoms with van der Waals surface area (Å²) in [5.74, 6) is 1.98. The van der Waals surface area contributed by atoms with E-state index in [9.17, 15) is 5.11 Å². The molecule has 2 aliphatic carbocycles. The van der Waals surface area contributed by atoms with Crippen LogP contribution in [0.25, 0.3) is 0 Å². The SMILES string of the molecule is COc1ccc([C@@H](N[C@@H]2C=C[C@H](CO)C2)C2CC2)cc1. The molecule has 2 aliphatic rings. The molecule has 3 atom stereocenters. The third-order valence-corrected chi connectivity index (χ3v) is 4.37. The van der Waals surface area contributed by atoms with Gasteiger partial charge < -0.3 is 15.2 Å². The van der Waals surface area contributed by atoms with Crippen LogP contribution in [0.1, 0.15) is 30.9 Å². The summed E-state index contributed by atoms with van der Waals surface area (Å²) < 4.78 is 5.23. The largest absolute Gasteiger partial charge is 0.497 e. The van der Waals surface area contributed by atoms with Crippen molar-refractivity contribution in [2.24, 2.45) is 11.8 Å². The maximum absolute atomic E-state index is 9.22. The van der Waals surface area contributed by atoms with Gasteiger partial charge in [-0.3, -0.25) is 0 Å². The first kappa shape index (κ1) is 13.7. The highest BCUT2D eigenvalue weighted by Crippen LogP contribution is 2.42. The van der Waals surface area contributed by atoms with Crippen molar-refractivity contribution in [2.45, 2.75) is 31.3 Å². The number of ether oxygens (including phenoxy) is 1. The van der Waals surface area contributed by atoms with Crippen LogP contribution >= 0.6 is 0 Å². The molecule has 3 nitrogen and oxygen atoms in total. The van der Waals surface area contributed by atoms with Crippen molar-refractivity contribution in [2.75, 3.05) is 13.7 Å². The lowest BCUT2D eigenvalue weighted by atomic mass is 10.00. The smallest absolute Gasteiger partial charge is 0.118 e. The van der Waals surface area contributed by atoms with Gasteiger partial charge in [-0.15, -0.1) is 0 Å². The molecular formula is C17H23NO2. The molecule has 0 heterocycles. The van der Waals surface area contributed by atoms with E-state index < -0.39 is 0 Å². The van der Waals surface area contributed by atoms with E-state index in [2.05, 4.69) is 29.6 Å². The molecule has 0 radical (unpaired) electrons. The summed E-state index contributed by atoms with van der Waals surface area (Å²) in [6, 6.07) is 9.21. The van der Waals surface area contributed by atoms with E-state index in [1.807, 2.05) is 12.1 Å². The summed E-state index contributed by atoms with van der Waals surface area (Å²) in [5.41, 5.74) is 1.34. The molecule has 0 bridgehead atoms. The van der Waals surface area contributed by atoms with E-state index in [1.165, 1.54) is 18.4 Å². The van der Waals surface area contributed by atoms with Gasteiger partial charge >= 0.3 is 0 Å². The molecule has 0 saturated heterocycles. The first-order valence-corrected chi connectivity index (χ1v) is 7.49. The Kier molecular flexibility index (Phi) is 4.08. The van der Waals surface area contributed by atoms with Crippen molar-refractivity contribution >= 4 is 0 Å². The van der Waals surface area contributed by atoms with Crippen LogP contribution in [0, 0.1) is 11.8 Å². The van der Waals surface area contributed by atoms with Crippen LogP contribution < -0.4 is 10.1 Å². The van der Waals surface area contributed by atoms with E-state index in [1.54, 1.807) is 7.11 Å². The van der Waals surface area contributed by atoms with Crippen molar-refractivity contribution in [3.8, 4) is 5.75 Å². The predicted molar refractivity (Wildman–Crippen MR) is 79.7 cm³/mol. The number of aliphatic hydroxyl groups excluding tert-OH is 1. The van der Waals surface area contributed by atoms with Crippen molar-refractivity contribution in [1.82, 2.24) is 5.32 Å². The minimum atomic E-state index is 0.255. The number of benzene rings is 1. The standard InChI is InChI=1S/C17H23NO2/c1-20-16-8-5-14(6-9-16)17(13-3-4-13)18-15-7-2-12(10-15)11-19/h2,5-9,12-13,15,17-19H,3-4,10-11H2,1H3/t12-,15+,17-/m0/s1. The Hall–Kier alpha value is -1.32. The summed E-state index contributed by atoms with van der Waals surface area (Å²) in [7, 11) is 1.70. The van der Waals surface area contributed by atoms with Gasteiger partial charge in [0, 0.05) is 24.6 Å². The Morgan fingerprint density at radius 1 is 1.25 bits per heavy atom. The quantitative estimate of drug-likeness (QED) is 0.783. The molecule has 1 fully saturated rings. The van der Waals surface area contributed by atoms with Crippen LogP contribution in [0.2, 0.25) is 0 Å². The molecular weight excluding hydrogens is 250 g/mol. The van der Waals surface area contributed by atoms with Crippen LogP contribution in [-0.2, 0) is 0 Å². The molecule has 0 unspecified atom stereocenters. The molecule has 20 heavy (non-hydrogen) atoms. The molecule has 0 amide bonds. The lowest BCUT2D eigenvalue weighted by Crippen LogP contribution is -2.32. The Balaban J connectivity index is 1.68. The number of aliphatic hydroxyl groups is 1. The fourth-order valence-corrected chi connectivity index (χ4v) is 3.01. The number of hydrogen-bond acceptors (Lipinski definition) is 3. The zero-order valence-electron chi connectivity index (χ0n) is 12.0. The molecule has 2 N–H and O–H groups in total. The fraction of sp³-hybridized carbons (Fsp3) is 0.529. The minimum Gasteiger partial charge on any atom is -0.497 e. The van der Waals surface area contributed by atoms with Gasteiger partial charge in [0.1, 0.15) is 5.75 Å². The summed E-state index contributed by atoms with van der Waals surface area (Å²) in [6.07, 6.45) is 7.97. The van der Waals surface area contributed by atoms with E-state index >= 15 is 0 Å². The Labute approximate surface area is 120 Å². The molecule has 0 aliphatic heterocycles. The zero-order valence-corrected chi connectivity index (χ0v) is 12.0. The van der Waals surface area contributed by atoms with Gasteiger partial charge in [-0.05, 0) is 42.9 Å². The van der Waals surface area contributed by atoms with E-state index in [-0.39, 0.29) is 6.61 Å². The average Bonchev–Trinajstić information content (AvgIpc) is 3.24. The average molecular weight is 273 g/mol. The zero-order chi connectivity index (χ0) is 13.9. The second-order valence-electron chi connectivity index (χ2n) is 5.92. The van der Waals surface area contributed by atoms with E-state index in [0.717, 1.165) is 18.1 Å². The number of nitrogens with one attached hydrogen (secondary N) is 1. The third-order valence-electron chi connectivity index (χ3n) is 4.37. The number of rotatable bonds is 6. The Bertz CT molecular complexity index is 464. The molecule has 1 aromatic carbocycles. The van der Waals surface area contributed by atoms with Crippen LogP contribution in [0.15, 0.2) is 36.4 Å². The van der Waals surface area contributed by atoms with Gasteiger partial charge in [0.2, 0.25) is 0 Å². The van der Waals surface area contributed by atoms with Crippen LogP contribution in [0.3, 0.4) is 0 Å². The fourth-order valence-electron chi connectivity index (χ4n) is 3.01. The second-order valence-corrected chi connectivity index (χ2v) is 5.92. The molecule has 0 spiro atoms. The van der Waals surface area contributed by atoms with Crippen molar-refractivity contribution < 1.29 is 9.84 Å². The van der Waals surface area contributed by atoms with E-state index in [4.69, 9.17) is 4.74 Å². The van der Waals surface area contributed by atoms with Crippen molar-refractivity contribution in [1.29, 1.82) is 0 Å². The van der Waals surface area contributed by atoms with Crippen molar-refractivity contribution in [3.63, 3.8) is 0 Å². The molecule has 108 valence electrons. The number of hydrogen-bond donors (Lipinski definition) is 2. The number of methoxy groups -OCH3 is 1. The van der Waals surface area contributed by atoms with Gasteiger partial charge in [0.15, 0.2) is 0 Å². The van der Waals surface area contributed by atoms with Crippen LogP contribution in [0.4, 0.5) is 0 Å². The first-order valence-electron chi connectivity index (χ1n) is 7.49. The lowest BCUT2D eigenvalue weighted by molar-refractivity contribution is 0.244. The molecule has 3 rings (SSSR count). The van der Waals surface area contributed by atoms with E-state index in [0.29, 0.717) is 18.0 Å². The van der Waals surface area contributed by atoms with Gasteiger partial charge in [0.05, 0.1) is 7.11 Å². The molecule has 1 aromatic rings.